The Hall–Kier alpha value is -2.26. The lowest BCUT2D eigenvalue weighted by Gasteiger charge is -2.13. The second-order valence-electron chi connectivity index (χ2n) is 6.10. The van der Waals surface area contributed by atoms with E-state index in [4.69, 9.17) is 4.74 Å². The highest BCUT2D eigenvalue weighted by Gasteiger charge is 2.27. The van der Waals surface area contributed by atoms with Crippen molar-refractivity contribution in [3.8, 4) is 5.75 Å². The Kier molecular flexibility index (Phi) is 5.10. The SMILES string of the molecule is COc1ccc(S(=O)(=O)Nc2ccc(NC3CCS(=O)(=O)C3)cc2)cc1. The maximum Gasteiger partial charge on any atom is 0.261 e. The summed E-state index contributed by atoms with van der Waals surface area (Å²) in [5, 5.41) is 3.16. The number of ether oxygens (including phenoxy) is 1. The van der Waals surface area contributed by atoms with Crippen LogP contribution in [0.1, 0.15) is 6.42 Å². The zero-order valence-electron chi connectivity index (χ0n) is 14.2. The lowest BCUT2D eigenvalue weighted by atomic mass is 10.2. The number of rotatable bonds is 6. The minimum atomic E-state index is -3.69. The van der Waals surface area contributed by atoms with E-state index in [0.717, 1.165) is 5.69 Å². The first-order chi connectivity index (χ1) is 12.3. The summed E-state index contributed by atoms with van der Waals surface area (Å²) < 4.78 is 55.3. The summed E-state index contributed by atoms with van der Waals surface area (Å²) >= 11 is 0. The van der Waals surface area contributed by atoms with Gasteiger partial charge in [-0.25, -0.2) is 16.8 Å². The van der Waals surface area contributed by atoms with Gasteiger partial charge < -0.3 is 10.1 Å². The Morgan fingerprint density at radius 2 is 1.62 bits per heavy atom. The van der Waals surface area contributed by atoms with Gasteiger partial charge in [0.2, 0.25) is 0 Å². The largest absolute Gasteiger partial charge is 0.497 e. The summed E-state index contributed by atoms with van der Waals surface area (Å²) in [5.74, 6) is 0.900. The van der Waals surface area contributed by atoms with E-state index in [1.165, 1.54) is 19.2 Å². The molecule has 1 saturated heterocycles. The smallest absolute Gasteiger partial charge is 0.261 e. The van der Waals surface area contributed by atoms with E-state index in [1.807, 2.05) is 0 Å². The van der Waals surface area contributed by atoms with Gasteiger partial charge in [-0.15, -0.1) is 0 Å². The topological polar surface area (TPSA) is 102 Å². The van der Waals surface area contributed by atoms with Gasteiger partial charge in [-0.1, -0.05) is 0 Å². The molecule has 2 aromatic rings. The Morgan fingerprint density at radius 1 is 1.00 bits per heavy atom. The van der Waals surface area contributed by atoms with Crippen LogP contribution in [0, 0.1) is 0 Å². The lowest BCUT2D eigenvalue weighted by molar-refractivity contribution is 0.414. The van der Waals surface area contributed by atoms with Crippen LogP contribution in [0.5, 0.6) is 5.75 Å². The van der Waals surface area contributed by atoms with Crippen molar-refractivity contribution in [2.75, 3.05) is 28.7 Å². The van der Waals surface area contributed by atoms with Crippen LogP contribution >= 0.6 is 0 Å². The van der Waals surface area contributed by atoms with Gasteiger partial charge in [-0.3, -0.25) is 4.72 Å². The molecule has 140 valence electrons. The van der Waals surface area contributed by atoms with E-state index in [1.54, 1.807) is 36.4 Å². The van der Waals surface area contributed by atoms with E-state index in [0.29, 0.717) is 17.9 Å². The van der Waals surface area contributed by atoms with Crippen LogP contribution in [0.4, 0.5) is 11.4 Å². The van der Waals surface area contributed by atoms with Crippen molar-refractivity contribution in [3.05, 3.63) is 48.5 Å². The second kappa shape index (κ2) is 7.16. The molecule has 0 saturated carbocycles. The third kappa shape index (κ3) is 4.47. The summed E-state index contributed by atoms with van der Waals surface area (Å²) in [5.41, 5.74) is 1.17. The van der Waals surface area contributed by atoms with Crippen LogP contribution < -0.4 is 14.8 Å². The lowest BCUT2D eigenvalue weighted by Crippen LogP contribution is -2.20. The van der Waals surface area contributed by atoms with Crippen LogP contribution in [-0.4, -0.2) is 41.5 Å². The van der Waals surface area contributed by atoms with Gasteiger partial charge in [0, 0.05) is 17.4 Å². The van der Waals surface area contributed by atoms with Crippen molar-refractivity contribution in [1.29, 1.82) is 0 Å². The number of nitrogens with one attached hydrogen (secondary N) is 2. The van der Waals surface area contributed by atoms with Crippen molar-refractivity contribution >= 4 is 31.2 Å². The molecule has 0 spiro atoms. The fraction of sp³-hybridized carbons (Fsp3) is 0.294. The fourth-order valence-corrected chi connectivity index (χ4v) is 5.48. The molecule has 0 aliphatic carbocycles. The number of hydrogen-bond donors (Lipinski definition) is 2. The Balaban J connectivity index is 1.66. The van der Waals surface area contributed by atoms with Gasteiger partial charge in [0.1, 0.15) is 5.75 Å². The Morgan fingerprint density at radius 3 is 2.15 bits per heavy atom. The third-order valence-corrected chi connectivity index (χ3v) is 7.28. The third-order valence-electron chi connectivity index (χ3n) is 4.11. The zero-order chi connectivity index (χ0) is 18.8. The molecule has 1 fully saturated rings. The van der Waals surface area contributed by atoms with Gasteiger partial charge in [0.25, 0.3) is 10.0 Å². The van der Waals surface area contributed by atoms with E-state index >= 15 is 0 Å². The van der Waals surface area contributed by atoms with Crippen LogP contribution in [0.3, 0.4) is 0 Å². The first-order valence-electron chi connectivity index (χ1n) is 8.01. The molecule has 0 radical (unpaired) electrons. The number of anilines is 2. The summed E-state index contributed by atoms with van der Waals surface area (Å²) in [6.07, 6.45) is 0.578. The molecule has 2 aromatic carbocycles. The first-order valence-corrected chi connectivity index (χ1v) is 11.3. The fourth-order valence-electron chi connectivity index (χ4n) is 2.75. The molecular formula is C17H20N2O5S2. The summed E-state index contributed by atoms with van der Waals surface area (Å²) in [7, 11) is -5.13. The molecule has 1 atom stereocenters. The molecule has 1 heterocycles. The minimum Gasteiger partial charge on any atom is -0.497 e. The molecule has 0 aromatic heterocycles. The normalized spacial score (nSPS) is 19.0. The molecule has 0 amide bonds. The molecule has 26 heavy (non-hydrogen) atoms. The monoisotopic (exact) mass is 396 g/mol. The Labute approximate surface area is 153 Å². The summed E-state index contributed by atoms with van der Waals surface area (Å²) in [6.45, 7) is 0. The predicted molar refractivity (Wildman–Crippen MR) is 101 cm³/mol. The first kappa shape index (κ1) is 18.5. The zero-order valence-corrected chi connectivity index (χ0v) is 15.8. The van der Waals surface area contributed by atoms with Crippen molar-refractivity contribution in [2.45, 2.75) is 17.4 Å². The van der Waals surface area contributed by atoms with Crippen LogP contribution in [0.25, 0.3) is 0 Å². The van der Waals surface area contributed by atoms with E-state index in [2.05, 4.69) is 10.0 Å². The van der Waals surface area contributed by atoms with Crippen LogP contribution in [-0.2, 0) is 19.9 Å². The molecule has 1 aliphatic heterocycles. The van der Waals surface area contributed by atoms with E-state index in [9.17, 15) is 16.8 Å². The van der Waals surface area contributed by atoms with E-state index < -0.39 is 19.9 Å². The minimum absolute atomic E-state index is 0.109. The number of methoxy groups -OCH3 is 1. The second-order valence-corrected chi connectivity index (χ2v) is 10.0. The number of sulfone groups is 1. The van der Waals surface area contributed by atoms with Crippen molar-refractivity contribution < 1.29 is 21.6 Å². The molecule has 9 heteroatoms. The van der Waals surface area contributed by atoms with Crippen molar-refractivity contribution in [2.24, 2.45) is 0 Å². The number of benzene rings is 2. The molecule has 1 unspecified atom stereocenters. The maximum absolute atomic E-state index is 12.4. The van der Waals surface area contributed by atoms with Crippen molar-refractivity contribution in [1.82, 2.24) is 0 Å². The molecule has 1 aliphatic rings. The standard InChI is InChI=1S/C17H20N2O5S2/c1-24-16-6-8-17(9-7-16)26(22,23)19-14-4-2-13(3-5-14)18-15-10-11-25(20,21)12-15/h2-9,15,18-19H,10-12H2,1H3. The molecule has 2 N–H and O–H groups in total. The maximum atomic E-state index is 12.4. The molecule has 0 bridgehead atoms. The van der Waals surface area contributed by atoms with Crippen molar-refractivity contribution in [3.63, 3.8) is 0 Å². The predicted octanol–water partition coefficient (Wildman–Crippen LogP) is 2.09. The molecular weight excluding hydrogens is 376 g/mol. The highest BCUT2D eigenvalue weighted by molar-refractivity contribution is 7.92. The van der Waals surface area contributed by atoms with Crippen LogP contribution in [0.2, 0.25) is 0 Å². The average molecular weight is 396 g/mol. The number of sulfonamides is 1. The van der Waals surface area contributed by atoms with Gasteiger partial charge in [0.15, 0.2) is 9.84 Å². The highest BCUT2D eigenvalue weighted by Crippen LogP contribution is 2.22. The number of hydrogen-bond acceptors (Lipinski definition) is 6. The summed E-state index contributed by atoms with van der Waals surface area (Å²) in [6, 6.07) is 12.7. The van der Waals surface area contributed by atoms with Gasteiger partial charge in [0.05, 0.1) is 23.5 Å². The summed E-state index contributed by atoms with van der Waals surface area (Å²) in [4.78, 5) is 0.136. The van der Waals surface area contributed by atoms with E-state index in [-0.39, 0.29) is 22.4 Å². The van der Waals surface area contributed by atoms with Gasteiger partial charge >= 0.3 is 0 Å². The quantitative estimate of drug-likeness (QED) is 0.775. The average Bonchev–Trinajstić information content (AvgIpc) is 2.95. The van der Waals surface area contributed by atoms with Gasteiger partial charge in [-0.2, -0.15) is 0 Å². The molecule has 7 nitrogen and oxygen atoms in total. The van der Waals surface area contributed by atoms with Crippen LogP contribution in [0.15, 0.2) is 53.4 Å². The highest BCUT2D eigenvalue weighted by atomic mass is 32.2. The van der Waals surface area contributed by atoms with Gasteiger partial charge in [-0.05, 0) is 55.0 Å². The molecule has 3 rings (SSSR count). The Bertz CT molecular complexity index is 969.